The Morgan fingerprint density at radius 3 is 2.49 bits per heavy atom. The Hall–Kier alpha value is -3.67. The topological polar surface area (TPSA) is 81.8 Å². The van der Waals surface area contributed by atoms with Gasteiger partial charge in [0.15, 0.2) is 5.65 Å². The van der Waals surface area contributed by atoms with Crippen molar-refractivity contribution in [3.05, 3.63) is 59.7 Å². The highest BCUT2D eigenvalue weighted by molar-refractivity contribution is 5.88. The molecule has 1 saturated carbocycles. The first-order chi connectivity index (χ1) is 17.8. The highest BCUT2D eigenvalue weighted by atomic mass is 19.3. The molecule has 2 fully saturated rings. The average molecular weight is 516 g/mol. The summed E-state index contributed by atoms with van der Waals surface area (Å²) in [7, 11) is 0. The molecule has 0 radical (unpaired) electrons. The maximum atomic E-state index is 14.5. The van der Waals surface area contributed by atoms with Gasteiger partial charge in [0.1, 0.15) is 28.9 Å². The zero-order valence-corrected chi connectivity index (χ0v) is 20.3. The zero-order valence-electron chi connectivity index (χ0n) is 20.3. The van der Waals surface area contributed by atoms with Crippen LogP contribution in [0.4, 0.5) is 23.5 Å². The summed E-state index contributed by atoms with van der Waals surface area (Å²) in [5.74, 6) is -1.43. The molecule has 8 nitrogen and oxygen atoms in total. The number of morpholine rings is 1. The van der Waals surface area contributed by atoms with Gasteiger partial charge in [0.2, 0.25) is 5.95 Å². The van der Waals surface area contributed by atoms with Gasteiger partial charge in [-0.1, -0.05) is 0 Å². The van der Waals surface area contributed by atoms with Crippen LogP contribution in [0.1, 0.15) is 30.3 Å². The van der Waals surface area contributed by atoms with E-state index in [0.717, 1.165) is 18.2 Å². The molecule has 1 aliphatic carbocycles. The number of fused-ring (bicyclic) bond motifs is 1. The third-order valence-corrected chi connectivity index (χ3v) is 6.22. The van der Waals surface area contributed by atoms with Gasteiger partial charge >= 0.3 is 0 Å². The molecule has 37 heavy (non-hydrogen) atoms. The van der Waals surface area contributed by atoms with E-state index in [4.69, 9.17) is 4.74 Å². The molecule has 4 aromatic rings. The van der Waals surface area contributed by atoms with Crippen LogP contribution in [0.2, 0.25) is 0 Å². The van der Waals surface area contributed by atoms with Crippen LogP contribution in [0.3, 0.4) is 0 Å². The van der Waals surface area contributed by atoms with Crippen LogP contribution < -0.4 is 4.90 Å². The molecule has 1 saturated heterocycles. The second kappa shape index (κ2) is 10.4. The molecule has 3 aromatic heterocycles. The second-order valence-electron chi connectivity index (χ2n) is 8.97. The van der Waals surface area contributed by atoms with Crippen LogP contribution in [0.15, 0.2) is 36.7 Å². The Balaban J connectivity index is 0.000000295. The van der Waals surface area contributed by atoms with Crippen molar-refractivity contribution >= 4 is 17.1 Å². The van der Waals surface area contributed by atoms with E-state index in [1.54, 1.807) is 18.7 Å². The van der Waals surface area contributed by atoms with E-state index in [2.05, 4.69) is 25.0 Å². The minimum atomic E-state index is -2.66. The van der Waals surface area contributed by atoms with Gasteiger partial charge < -0.3 is 9.64 Å². The van der Waals surface area contributed by atoms with E-state index in [1.807, 2.05) is 23.1 Å². The van der Waals surface area contributed by atoms with Gasteiger partial charge in [-0.2, -0.15) is 10.1 Å². The predicted octanol–water partition coefficient (Wildman–Crippen LogP) is 4.67. The lowest BCUT2D eigenvalue weighted by molar-refractivity contribution is -0.0617. The van der Waals surface area contributed by atoms with Gasteiger partial charge in [-0.05, 0) is 44.9 Å². The molecule has 0 N–H and O–H groups in total. The van der Waals surface area contributed by atoms with Crippen molar-refractivity contribution < 1.29 is 22.3 Å². The van der Waals surface area contributed by atoms with Gasteiger partial charge in [-0.3, -0.25) is 4.68 Å². The predicted molar refractivity (Wildman–Crippen MR) is 128 cm³/mol. The average Bonchev–Trinajstić information content (AvgIpc) is 3.58. The van der Waals surface area contributed by atoms with Crippen LogP contribution in [0.25, 0.3) is 22.4 Å². The van der Waals surface area contributed by atoms with Crippen molar-refractivity contribution in [2.75, 3.05) is 24.6 Å². The Bertz CT molecular complexity index is 1400. The summed E-state index contributed by atoms with van der Waals surface area (Å²) >= 11 is 0. The van der Waals surface area contributed by atoms with E-state index in [0.29, 0.717) is 17.9 Å². The fraction of sp³-hybridized carbons (Fsp3) is 0.400. The van der Waals surface area contributed by atoms with Crippen molar-refractivity contribution in [1.82, 2.24) is 29.7 Å². The summed E-state index contributed by atoms with van der Waals surface area (Å²) in [6.07, 6.45) is 2.57. The van der Waals surface area contributed by atoms with Crippen LogP contribution in [0.5, 0.6) is 0 Å². The lowest BCUT2D eigenvalue weighted by Gasteiger charge is -2.32. The molecule has 2 aliphatic rings. The van der Waals surface area contributed by atoms with Crippen LogP contribution in [-0.4, -0.2) is 61.9 Å². The molecule has 1 atom stereocenters. The summed E-state index contributed by atoms with van der Waals surface area (Å²) in [6.45, 7) is 3.75. The van der Waals surface area contributed by atoms with E-state index in [1.165, 1.54) is 18.9 Å². The second-order valence-corrected chi connectivity index (χ2v) is 8.97. The standard InChI is InChI=1S/C19H17F4N5O.C6H8N2/c1-9-10(2)25-18-16(24-9)15(12-4-3-11(20)7-13(12)21)26-19(27-18)28-5-6-29-14(8-28)17(22)23;1-4-7-8(5-1)6-2-3-6/h3-4,7,14,17H,5-6,8H2,1-2H3;1,4-6H,2-3H2. The number of nitrogens with zero attached hydrogens (tertiary/aromatic N) is 7. The van der Waals surface area contributed by atoms with Gasteiger partial charge in [-0.25, -0.2) is 32.5 Å². The summed E-state index contributed by atoms with van der Waals surface area (Å²) in [4.78, 5) is 19.2. The molecule has 194 valence electrons. The summed E-state index contributed by atoms with van der Waals surface area (Å²) < 4.78 is 61.2. The summed E-state index contributed by atoms with van der Waals surface area (Å²) in [5, 5.41) is 4.09. The first-order valence-electron chi connectivity index (χ1n) is 11.9. The van der Waals surface area contributed by atoms with E-state index >= 15 is 0 Å². The maximum Gasteiger partial charge on any atom is 0.266 e. The number of anilines is 1. The van der Waals surface area contributed by atoms with Crippen molar-refractivity contribution in [2.45, 2.75) is 45.3 Å². The Morgan fingerprint density at radius 2 is 1.81 bits per heavy atom. The fourth-order valence-corrected chi connectivity index (χ4v) is 3.96. The quantitative estimate of drug-likeness (QED) is 0.366. The van der Waals surface area contributed by atoms with Gasteiger partial charge in [0, 0.05) is 30.6 Å². The number of alkyl halides is 2. The lowest BCUT2D eigenvalue weighted by atomic mass is 10.1. The molecule has 12 heteroatoms. The minimum absolute atomic E-state index is 0.0243. The van der Waals surface area contributed by atoms with E-state index < -0.39 is 24.2 Å². The first kappa shape index (κ1) is 25.0. The number of aryl methyl sites for hydroxylation is 2. The number of aromatic nitrogens is 6. The van der Waals surface area contributed by atoms with E-state index in [9.17, 15) is 17.6 Å². The van der Waals surface area contributed by atoms with Crippen LogP contribution in [0, 0.1) is 25.5 Å². The maximum absolute atomic E-state index is 14.5. The molecule has 1 unspecified atom stereocenters. The third kappa shape index (κ3) is 5.53. The summed E-state index contributed by atoms with van der Waals surface area (Å²) in [5.41, 5.74) is 1.84. The highest BCUT2D eigenvalue weighted by Crippen LogP contribution is 2.33. The first-order valence-corrected chi connectivity index (χ1v) is 11.9. The smallest absolute Gasteiger partial charge is 0.266 e. The number of hydrogen-bond acceptors (Lipinski definition) is 7. The minimum Gasteiger partial charge on any atom is -0.369 e. The number of hydrogen-bond donors (Lipinski definition) is 0. The SMILES string of the molecule is Cc1nc2nc(N3CCOC(C(F)F)C3)nc(-c3ccc(F)cc3F)c2nc1C.c1cnn(C2CC2)c1. The summed E-state index contributed by atoms with van der Waals surface area (Å²) in [6, 6.07) is 5.83. The number of rotatable bonds is 4. The van der Waals surface area contributed by atoms with E-state index in [-0.39, 0.29) is 41.5 Å². The molecule has 4 heterocycles. The van der Waals surface area contributed by atoms with Gasteiger partial charge in [0.25, 0.3) is 6.43 Å². The number of ether oxygens (including phenoxy) is 1. The Labute approximate surface area is 210 Å². The Kier molecular flexibility index (Phi) is 7.00. The lowest BCUT2D eigenvalue weighted by Crippen LogP contribution is -2.46. The van der Waals surface area contributed by atoms with Crippen molar-refractivity contribution in [3.63, 3.8) is 0 Å². The molecular weight excluding hydrogens is 490 g/mol. The highest BCUT2D eigenvalue weighted by Gasteiger charge is 2.30. The molecule has 1 aliphatic heterocycles. The van der Waals surface area contributed by atoms with Crippen LogP contribution in [-0.2, 0) is 4.74 Å². The van der Waals surface area contributed by atoms with Crippen molar-refractivity contribution in [2.24, 2.45) is 0 Å². The normalized spacial score (nSPS) is 17.7. The molecular formula is C25H25F4N7O. The molecule has 0 amide bonds. The van der Waals surface area contributed by atoms with Crippen molar-refractivity contribution in [3.8, 4) is 11.3 Å². The van der Waals surface area contributed by atoms with Gasteiger partial charge in [-0.15, -0.1) is 0 Å². The zero-order chi connectivity index (χ0) is 26.1. The fourth-order valence-electron chi connectivity index (χ4n) is 3.96. The monoisotopic (exact) mass is 515 g/mol. The van der Waals surface area contributed by atoms with Crippen LogP contribution >= 0.6 is 0 Å². The molecule has 0 spiro atoms. The van der Waals surface area contributed by atoms with Crippen molar-refractivity contribution in [1.29, 1.82) is 0 Å². The molecule has 0 bridgehead atoms. The molecule has 6 rings (SSSR count). The number of benzene rings is 1. The van der Waals surface area contributed by atoms with Gasteiger partial charge in [0.05, 0.1) is 30.6 Å². The molecule has 1 aromatic carbocycles. The third-order valence-electron chi connectivity index (χ3n) is 6.22. The number of halogens is 4. The largest absolute Gasteiger partial charge is 0.369 e. The Morgan fingerprint density at radius 1 is 1.03 bits per heavy atom.